The fourth-order valence-electron chi connectivity index (χ4n) is 1.24. The molecule has 1 heteroatoms. The molecular formula is C13H17N. The second-order valence-electron chi connectivity index (χ2n) is 3.35. The maximum absolute atomic E-state index is 4.24. The lowest BCUT2D eigenvalue weighted by Crippen LogP contribution is -1.79. The zero-order chi connectivity index (χ0) is 10.4. The van der Waals surface area contributed by atoms with E-state index in [2.05, 4.69) is 31.8 Å². The van der Waals surface area contributed by atoms with E-state index < -0.39 is 0 Å². The molecule has 0 N–H and O–H groups in total. The molecule has 0 fully saturated rings. The Balaban J connectivity index is 0.000000293. The summed E-state index contributed by atoms with van der Waals surface area (Å²) in [6.45, 7) is 6.35. The molecule has 74 valence electrons. The third-order valence-electron chi connectivity index (χ3n) is 1.87. The number of hydrogen-bond acceptors (Lipinski definition) is 1. The molecule has 2 aromatic rings. The number of aromatic nitrogens is 1. The van der Waals surface area contributed by atoms with Crippen LogP contribution in [0.25, 0.3) is 10.9 Å². The highest BCUT2D eigenvalue weighted by molar-refractivity contribution is 5.81. The normalized spacial score (nSPS) is 9.36. The van der Waals surface area contributed by atoms with E-state index in [1.807, 2.05) is 30.5 Å². The maximum atomic E-state index is 4.24. The second kappa shape index (κ2) is 5.38. The van der Waals surface area contributed by atoms with Gasteiger partial charge in [-0.1, -0.05) is 38.5 Å². The fourth-order valence-corrected chi connectivity index (χ4v) is 1.24. The van der Waals surface area contributed by atoms with Gasteiger partial charge in [-0.25, -0.2) is 0 Å². The molecule has 1 nitrogen and oxygen atoms in total. The average Bonchev–Trinajstić information content (AvgIpc) is 2.20. The Hall–Kier alpha value is -1.37. The van der Waals surface area contributed by atoms with Crippen molar-refractivity contribution in [3.8, 4) is 0 Å². The van der Waals surface area contributed by atoms with Crippen LogP contribution in [-0.4, -0.2) is 4.98 Å². The Labute approximate surface area is 85.8 Å². The van der Waals surface area contributed by atoms with Crippen LogP contribution in [0.15, 0.2) is 36.5 Å². The number of benzene rings is 1. The quantitative estimate of drug-likeness (QED) is 0.608. The van der Waals surface area contributed by atoms with Crippen LogP contribution in [0.4, 0.5) is 0 Å². The Morgan fingerprint density at radius 3 is 2.36 bits per heavy atom. The monoisotopic (exact) mass is 187 g/mol. The number of nitrogens with zero attached hydrogens (tertiary/aromatic N) is 1. The lowest BCUT2D eigenvalue weighted by molar-refractivity contribution is 1.09. The van der Waals surface area contributed by atoms with E-state index in [-0.39, 0.29) is 0 Å². The van der Waals surface area contributed by atoms with Crippen molar-refractivity contribution in [3.05, 3.63) is 42.1 Å². The fraction of sp³-hybridized carbons (Fsp3) is 0.308. The molecule has 0 unspecified atom stereocenters. The minimum atomic E-state index is 1.08. The van der Waals surface area contributed by atoms with Crippen LogP contribution in [0, 0.1) is 6.92 Å². The van der Waals surface area contributed by atoms with E-state index in [1.165, 1.54) is 17.4 Å². The molecule has 0 saturated heterocycles. The average molecular weight is 187 g/mol. The number of hydrogen-bond donors (Lipinski definition) is 0. The number of pyridine rings is 1. The smallest absolute Gasteiger partial charge is 0.0704 e. The molecule has 1 heterocycles. The van der Waals surface area contributed by atoms with Gasteiger partial charge in [-0.3, -0.25) is 4.98 Å². The van der Waals surface area contributed by atoms with Gasteiger partial charge in [-0.15, -0.1) is 0 Å². The van der Waals surface area contributed by atoms with Crippen molar-refractivity contribution in [1.29, 1.82) is 0 Å². The maximum Gasteiger partial charge on any atom is 0.0704 e. The Morgan fingerprint density at radius 1 is 1.07 bits per heavy atom. The summed E-state index contributed by atoms with van der Waals surface area (Å²) >= 11 is 0. The van der Waals surface area contributed by atoms with Crippen molar-refractivity contribution < 1.29 is 0 Å². The summed E-state index contributed by atoms with van der Waals surface area (Å²) in [5.74, 6) is 0. The van der Waals surface area contributed by atoms with E-state index in [0.717, 1.165) is 5.52 Å². The summed E-state index contributed by atoms with van der Waals surface area (Å²) in [5, 5.41) is 1.25. The Kier molecular flexibility index (Phi) is 4.11. The van der Waals surface area contributed by atoms with Crippen molar-refractivity contribution >= 4 is 10.9 Å². The van der Waals surface area contributed by atoms with Crippen LogP contribution in [-0.2, 0) is 0 Å². The van der Waals surface area contributed by atoms with Crippen LogP contribution in [0.1, 0.15) is 25.8 Å². The third-order valence-corrected chi connectivity index (χ3v) is 1.87. The highest BCUT2D eigenvalue weighted by Gasteiger charge is 1.93. The van der Waals surface area contributed by atoms with E-state index in [0.29, 0.717) is 0 Å². The van der Waals surface area contributed by atoms with Gasteiger partial charge in [0.05, 0.1) is 5.52 Å². The molecule has 0 aliphatic rings. The lowest BCUT2D eigenvalue weighted by atomic mass is 10.1. The molecule has 0 spiro atoms. The summed E-state index contributed by atoms with van der Waals surface area (Å²) in [5.41, 5.74) is 2.36. The molecular weight excluding hydrogens is 170 g/mol. The number of rotatable bonds is 0. The summed E-state index contributed by atoms with van der Waals surface area (Å²) < 4.78 is 0. The lowest BCUT2D eigenvalue weighted by Gasteiger charge is -1.97. The molecule has 0 aliphatic heterocycles. The first-order valence-electron chi connectivity index (χ1n) is 5.10. The zero-order valence-corrected chi connectivity index (χ0v) is 9.12. The Bertz CT molecular complexity index is 388. The molecule has 0 saturated carbocycles. The van der Waals surface area contributed by atoms with Crippen LogP contribution < -0.4 is 0 Å². The summed E-state index contributed by atoms with van der Waals surface area (Å²) in [4.78, 5) is 4.24. The molecule has 0 bridgehead atoms. The molecule has 0 radical (unpaired) electrons. The topological polar surface area (TPSA) is 12.9 Å². The predicted molar refractivity (Wildman–Crippen MR) is 62.4 cm³/mol. The minimum Gasteiger partial charge on any atom is -0.256 e. The molecule has 0 atom stereocenters. The molecule has 1 aromatic heterocycles. The molecule has 0 aliphatic carbocycles. The van der Waals surface area contributed by atoms with Crippen LogP contribution in [0.2, 0.25) is 0 Å². The van der Waals surface area contributed by atoms with Crippen LogP contribution in [0.3, 0.4) is 0 Å². The van der Waals surface area contributed by atoms with Gasteiger partial charge in [-0.2, -0.15) is 0 Å². The van der Waals surface area contributed by atoms with Crippen molar-refractivity contribution in [2.45, 2.75) is 27.2 Å². The third kappa shape index (κ3) is 2.56. The first-order valence-corrected chi connectivity index (χ1v) is 5.10. The van der Waals surface area contributed by atoms with Gasteiger partial charge >= 0.3 is 0 Å². The first kappa shape index (κ1) is 10.7. The summed E-state index contributed by atoms with van der Waals surface area (Å²) in [6, 6.07) is 10.2. The summed E-state index contributed by atoms with van der Waals surface area (Å²) in [6.07, 6.45) is 3.09. The zero-order valence-electron chi connectivity index (χ0n) is 9.12. The molecule has 14 heavy (non-hydrogen) atoms. The molecule has 1 aromatic carbocycles. The van der Waals surface area contributed by atoms with Crippen molar-refractivity contribution in [2.24, 2.45) is 0 Å². The van der Waals surface area contributed by atoms with Gasteiger partial charge in [0.1, 0.15) is 0 Å². The van der Waals surface area contributed by atoms with Gasteiger partial charge in [0.15, 0.2) is 0 Å². The second-order valence-corrected chi connectivity index (χ2v) is 3.35. The highest BCUT2D eigenvalue weighted by Crippen LogP contribution is 2.13. The van der Waals surface area contributed by atoms with E-state index >= 15 is 0 Å². The van der Waals surface area contributed by atoms with E-state index in [1.54, 1.807) is 0 Å². The molecule has 2 rings (SSSR count). The largest absolute Gasteiger partial charge is 0.256 e. The first-order chi connectivity index (χ1) is 6.79. The van der Waals surface area contributed by atoms with Crippen molar-refractivity contribution in [2.75, 3.05) is 0 Å². The van der Waals surface area contributed by atoms with Gasteiger partial charge in [0, 0.05) is 11.6 Å². The van der Waals surface area contributed by atoms with Gasteiger partial charge < -0.3 is 0 Å². The van der Waals surface area contributed by atoms with Crippen molar-refractivity contribution in [1.82, 2.24) is 4.98 Å². The van der Waals surface area contributed by atoms with Gasteiger partial charge in [0.25, 0.3) is 0 Å². The Morgan fingerprint density at radius 2 is 1.71 bits per heavy atom. The van der Waals surface area contributed by atoms with Crippen LogP contribution in [0.5, 0.6) is 0 Å². The van der Waals surface area contributed by atoms with Gasteiger partial charge in [-0.05, 0) is 24.6 Å². The predicted octanol–water partition coefficient (Wildman–Crippen LogP) is 3.96. The van der Waals surface area contributed by atoms with E-state index in [4.69, 9.17) is 0 Å². The number of aryl methyl sites for hydroxylation is 1. The number of fused-ring (bicyclic) bond motifs is 1. The minimum absolute atomic E-state index is 1.08. The van der Waals surface area contributed by atoms with Crippen molar-refractivity contribution in [3.63, 3.8) is 0 Å². The summed E-state index contributed by atoms with van der Waals surface area (Å²) in [7, 11) is 0. The van der Waals surface area contributed by atoms with Crippen LogP contribution >= 0.6 is 0 Å². The highest BCUT2D eigenvalue weighted by atomic mass is 14.6. The van der Waals surface area contributed by atoms with Gasteiger partial charge in [0.2, 0.25) is 0 Å². The molecule has 0 amide bonds. The van der Waals surface area contributed by atoms with E-state index in [9.17, 15) is 0 Å². The number of para-hydroxylation sites is 1. The SMILES string of the molecule is CCC.Cc1ccnc2ccccc12. The standard InChI is InChI=1S/C10H9N.C3H8/c1-8-6-7-11-10-5-3-2-4-9(8)10;1-3-2/h2-7H,1H3;3H2,1-2H3.